The van der Waals surface area contributed by atoms with Crippen LogP contribution in [0.15, 0.2) is 66.7 Å². The number of rotatable bonds is 9. The maximum absolute atomic E-state index is 12.5. The van der Waals surface area contributed by atoms with E-state index >= 15 is 0 Å². The number of nitrogens with one attached hydrogen (secondary N) is 1. The summed E-state index contributed by atoms with van der Waals surface area (Å²) in [7, 11) is 4.64. The van der Waals surface area contributed by atoms with Crippen molar-refractivity contribution in [3.63, 3.8) is 0 Å². The molecule has 0 aromatic heterocycles. The molecule has 0 aliphatic rings. The van der Waals surface area contributed by atoms with E-state index in [1.807, 2.05) is 54.6 Å². The third kappa shape index (κ3) is 5.23. The van der Waals surface area contributed by atoms with E-state index in [1.54, 1.807) is 33.5 Å². The third-order valence-corrected chi connectivity index (χ3v) is 4.51. The summed E-state index contributed by atoms with van der Waals surface area (Å²) in [6.07, 6.45) is 0.179. The van der Waals surface area contributed by atoms with Crippen molar-refractivity contribution in [1.29, 1.82) is 0 Å². The standard InChI is InChI=1S/C24H25NO5/c1-27-21-13-17(14-22(28-2)24(21)29-3)15-23(26)25-16-18-9-7-8-12-20(18)30-19-10-5-4-6-11-19/h4-14H,15-16H2,1-3H3,(H,25,26). The minimum Gasteiger partial charge on any atom is -0.493 e. The number of hydrogen-bond acceptors (Lipinski definition) is 5. The van der Waals surface area contributed by atoms with E-state index in [0.717, 1.165) is 16.9 Å². The summed E-state index contributed by atoms with van der Waals surface area (Å²) in [6.45, 7) is 0.353. The first-order chi connectivity index (χ1) is 14.6. The number of ether oxygens (including phenoxy) is 4. The molecular weight excluding hydrogens is 382 g/mol. The zero-order valence-electron chi connectivity index (χ0n) is 17.3. The van der Waals surface area contributed by atoms with Gasteiger partial charge >= 0.3 is 0 Å². The molecule has 6 heteroatoms. The van der Waals surface area contributed by atoms with Crippen LogP contribution in [0, 0.1) is 0 Å². The van der Waals surface area contributed by atoms with E-state index in [4.69, 9.17) is 18.9 Å². The zero-order valence-corrected chi connectivity index (χ0v) is 17.3. The molecule has 3 rings (SSSR count). The van der Waals surface area contributed by atoms with Crippen LogP contribution >= 0.6 is 0 Å². The monoisotopic (exact) mass is 407 g/mol. The Morgan fingerprint density at radius 2 is 1.43 bits per heavy atom. The maximum Gasteiger partial charge on any atom is 0.224 e. The molecule has 0 fully saturated rings. The van der Waals surface area contributed by atoms with Gasteiger partial charge in [0.1, 0.15) is 11.5 Å². The maximum atomic E-state index is 12.5. The lowest BCUT2D eigenvalue weighted by molar-refractivity contribution is -0.120. The van der Waals surface area contributed by atoms with Gasteiger partial charge in [0.15, 0.2) is 11.5 Å². The first-order valence-electron chi connectivity index (χ1n) is 9.51. The fraction of sp³-hybridized carbons (Fsp3) is 0.208. The molecule has 3 aromatic carbocycles. The summed E-state index contributed by atoms with van der Waals surface area (Å²) in [5.74, 6) is 2.85. The quantitative estimate of drug-likeness (QED) is 0.571. The lowest BCUT2D eigenvalue weighted by atomic mass is 10.1. The van der Waals surface area contributed by atoms with Gasteiger partial charge in [-0.3, -0.25) is 4.79 Å². The molecular formula is C24H25NO5. The summed E-state index contributed by atoms with van der Waals surface area (Å²) in [4.78, 5) is 12.5. The van der Waals surface area contributed by atoms with E-state index in [1.165, 1.54) is 0 Å². The Morgan fingerprint density at radius 1 is 0.800 bits per heavy atom. The SMILES string of the molecule is COc1cc(CC(=O)NCc2ccccc2Oc2ccccc2)cc(OC)c1OC. The van der Waals surface area contributed by atoms with E-state index in [-0.39, 0.29) is 12.3 Å². The summed E-state index contributed by atoms with van der Waals surface area (Å²) in [6, 6.07) is 20.7. The van der Waals surface area contributed by atoms with Crippen LogP contribution < -0.4 is 24.3 Å². The molecule has 0 spiro atoms. The molecule has 30 heavy (non-hydrogen) atoms. The molecule has 0 radical (unpaired) electrons. The van der Waals surface area contributed by atoms with Gasteiger partial charge in [-0.15, -0.1) is 0 Å². The fourth-order valence-electron chi connectivity index (χ4n) is 3.04. The number of hydrogen-bond donors (Lipinski definition) is 1. The van der Waals surface area contributed by atoms with E-state index in [2.05, 4.69) is 5.32 Å². The molecule has 156 valence electrons. The molecule has 0 aliphatic heterocycles. The second-order valence-corrected chi connectivity index (χ2v) is 6.51. The van der Waals surface area contributed by atoms with Gasteiger partial charge < -0.3 is 24.3 Å². The molecule has 0 heterocycles. The lowest BCUT2D eigenvalue weighted by Crippen LogP contribution is -2.24. The predicted molar refractivity (Wildman–Crippen MR) is 115 cm³/mol. The van der Waals surface area contributed by atoms with Crippen molar-refractivity contribution in [3.05, 3.63) is 77.9 Å². The third-order valence-electron chi connectivity index (χ3n) is 4.51. The summed E-state index contributed by atoms with van der Waals surface area (Å²) >= 11 is 0. The first kappa shape index (κ1) is 21.0. The highest BCUT2D eigenvalue weighted by Gasteiger charge is 2.15. The van der Waals surface area contributed by atoms with Crippen molar-refractivity contribution < 1.29 is 23.7 Å². The van der Waals surface area contributed by atoms with Crippen LogP contribution in [0.5, 0.6) is 28.7 Å². The summed E-state index contributed by atoms with van der Waals surface area (Å²) in [5.41, 5.74) is 1.65. The predicted octanol–water partition coefficient (Wildman–Crippen LogP) is 4.36. The number of carbonyl (C=O) groups is 1. The minimum atomic E-state index is -0.126. The number of carbonyl (C=O) groups excluding carboxylic acids is 1. The molecule has 1 amide bonds. The van der Waals surface area contributed by atoms with Gasteiger partial charge in [0.25, 0.3) is 0 Å². The van der Waals surface area contributed by atoms with Crippen LogP contribution in [-0.4, -0.2) is 27.2 Å². The Hall–Kier alpha value is -3.67. The second-order valence-electron chi connectivity index (χ2n) is 6.51. The van der Waals surface area contributed by atoms with Gasteiger partial charge in [-0.25, -0.2) is 0 Å². The second kappa shape index (κ2) is 10.2. The molecule has 0 unspecified atom stereocenters. The van der Waals surface area contributed by atoms with Crippen LogP contribution in [0.25, 0.3) is 0 Å². The lowest BCUT2D eigenvalue weighted by Gasteiger charge is -2.14. The zero-order chi connectivity index (χ0) is 21.3. The Labute approximate surface area is 176 Å². The highest BCUT2D eigenvalue weighted by molar-refractivity contribution is 5.79. The van der Waals surface area contributed by atoms with Gasteiger partial charge in [-0.1, -0.05) is 36.4 Å². The summed E-state index contributed by atoms with van der Waals surface area (Å²) in [5, 5.41) is 2.95. The van der Waals surface area contributed by atoms with Gasteiger partial charge in [-0.05, 0) is 35.9 Å². The van der Waals surface area contributed by atoms with E-state index in [0.29, 0.717) is 29.5 Å². The Kier molecular flexibility index (Phi) is 7.16. The Morgan fingerprint density at radius 3 is 2.07 bits per heavy atom. The molecule has 0 aliphatic carbocycles. The van der Waals surface area contributed by atoms with Crippen molar-refractivity contribution in [2.24, 2.45) is 0 Å². The average molecular weight is 407 g/mol. The fourth-order valence-corrected chi connectivity index (χ4v) is 3.04. The molecule has 3 aromatic rings. The minimum absolute atomic E-state index is 0.126. The van der Waals surface area contributed by atoms with Crippen molar-refractivity contribution in [3.8, 4) is 28.7 Å². The van der Waals surface area contributed by atoms with Crippen molar-refractivity contribution >= 4 is 5.91 Å². The van der Waals surface area contributed by atoms with E-state index in [9.17, 15) is 4.79 Å². The molecule has 0 saturated heterocycles. The van der Waals surface area contributed by atoms with Crippen LogP contribution in [0.2, 0.25) is 0 Å². The largest absolute Gasteiger partial charge is 0.493 e. The number of amides is 1. The van der Waals surface area contributed by atoms with Gasteiger partial charge in [0.05, 0.1) is 27.8 Å². The Bertz CT molecular complexity index is 963. The van der Waals surface area contributed by atoms with Crippen LogP contribution in [0.4, 0.5) is 0 Å². The van der Waals surface area contributed by atoms with Gasteiger partial charge in [-0.2, -0.15) is 0 Å². The molecule has 0 bridgehead atoms. The number of para-hydroxylation sites is 2. The normalized spacial score (nSPS) is 10.2. The van der Waals surface area contributed by atoms with E-state index < -0.39 is 0 Å². The average Bonchev–Trinajstić information content (AvgIpc) is 2.78. The van der Waals surface area contributed by atoms with Gasteiger partial charge in [0, 0.05) is 12.1 Å². The molecule has 1 N–H and O–H groups in total. The highest BCUT2D eigenvalue weighted by atomic mass is 16.5. The highest BCUT2D eigenvalue weighted by Crippen LogP contribution is 2.38. The van der Waals surface area contributed by atoms with Crippen LogP contribution in [-0.2, 0) is 17.8 Å². The first-order valence-corrected chi connectivity index (χ1v) is 9.51. The molecule has 0 saturated carbocycles. The topological polar surface area (TPSA) is 66.0 Å². The smallest absolute Gasteiger partial charge is 0.224 e. The van der Waals surface area contributed by atoms with Gasteiger partial charge in [0.2, 0.25) is 11.7 Å². The van der Waals surface area contributed by atoms with Crippen molar-refractivity contribution in [2.45, 2.75) is 13.0 Å². The molecule has 6 nitrogen and oxygen atoms in total. The number of methoxy groups -OCH3 is 3. The van der Waals surface area contributed by atoms with Crippen molar-refractivity contribution in [2.75, 3.05) is 21.3 Å². The van der Waals surface area contributed by atoms with Crippen molar-refractivity contribution in [1.82, 2.24) is 5.32 Å². The molecule has 0 atom stereocenters. The summed E-state index contributed by atoms with van der Waals surface area (Å²) < 4.78 is 22.0. The van der Waals surface area contributed by atoms with Crippen LogP contribution in [0.1, 0.15) is 11.1 Å². The van der Waals surface area contributed by atoms with Crippen LogP contribution in [0.3, 0.4) is 0 Å². The Balaban J connectivity index is 1.67. The number of benzene rings is 3.